The number of aromatic nitrogens is 2. The van der Waals surface area contributed by atoms with Crippen molar-refractivity contribution in [3.05, 3.63) is 41.6 Å². The Bertz CT molecular complexity index is 647. The summed E-state index contributed by atoms with van der Waals surface area (Å²) in [5.41, 5.74) is 1.72. The molecule has 3 rings (SSSR count). The van der Waals surface area contributed by atoms with Crippen molar-refractivity contribution in [2.45, 2.75) is 19.4 Å². The van der Waals surface area contributed by atoms with Gasteiger partial charge in [0, 0.05) is 7.05 Å². The van der Waals surface area contributed by atoms with Crippen LogP contribution in [0.1, 0.15) is 18.2 Å². The Labute approximate surface area is 111 Å². The Morgan fingerprint density at radius 3 is 2.63 bits per heavy atom. The fourth-order valence-electron chi connectivity index (χ4n) is 2.46. The highest BCUT2D eigenvalue weighted by molar-refractivity contribution is 6.06. The minimum atomic E-state index is -0.783. The van der Waals surface area contributed by atoms with Crippen LogP contribution in [-0.2, 0) is 17.4 Å². The lowest BCUT2D eigenvalue weighted by Gasteiger charge is -2.35. The molecule has 2 heterocycles. The van der Waals surface area contributed by atoms with Crippen LogP contribution >= 0.6 is 0 Å². The third-order valence-electron chi connectivity index (χ3n) is 3.63. The van der Waals surface area contributed by atoms with E-state index in [0.29, 0.717) is 0 Å². The molecule has 0 saturated carbocycles. The standard InChI is InChI=1S/C14H16N4O/c1-9-11-12(18(3)17-9)16-14(2,13(19)15-11)10-7-5-4-6-8-10/h4-8,16H,1-3H3,(H,15,19). The lowest BCUT2D eigenvalue weighted by Crippen LogP contribution is -2.47. The van der Waals surface area contributed by atoms with E-state index in [4.69, 9.17) is 0 Å². The van der Waals surface area contributed by atoms with Crippen molar-refractivity contribution in [2.75, 3.05) is 10.6 Å². The van der Waals surface area contributed by atoms with Gasteiger partial charge in [-0.3, -0.25) is 9.48 Å². The molecule has 0 radical (unpaired) electrons. The molecule has 0 spiro atoms. The molecule has 0 aliphatic carbocycles. The van der Waals surface area contributed by atoms with Gasteiger partial charge in [0.1, 0.15) is 17.0 Å². The summed E-state index contributed by atoms with van der Waals surface area (Å²) in [4.78, 5) is 12.4. The van der Waals surface area contributed by atoms with E-state index in [1.165, 1.54) is 0 Å². The van der Waals surface area contributed by atoms with Crippen LogP contribution in [0.4, 0.5) is 11.5 Å². The first-order valence-electron chi connectivity index (χ1n) is 6.21. The van der Waals surface area contributed by atoms with Crippen molar-refractivity contribution in [3.8, 4) is 0 Å². The minimum absolute atomic E-state index is 0.0673. The molecule has 1 atom stereocenters. The molecule has 2 aromatic rings. The number of hydrogen-bond acceptors (Lipinski definition) is 3. The Hall–Kier alpha value is -2.30. The summed E-state index contributed by atoms with van der Waals surface area (Å²) in [6.07, 6.45) is 0. The highest BCUT2D eigenvalue weighted by atomic mass is 16.2. The van der Waals surface area contributed by atoms with Gasteiger partial charge in [0.05, 0.1) is 5.69 Å². The number of amides is 1. The third kappa shape index (κ3) is 1.62. The summed E-state index contributed by atoms with van der Waals surface area (Å²) in [5.74, 6) is 0.769. The lowest BCUT2D eigenvalue weighted by atomic mass is 9.89. The molecule has 5 heteroatoms. The maximum absolute atomic E-state index is 12.4. The molecule has 1 aliphatic heterocycles. The molecule has 1 aliphatic rings. The summed E-state index contributed by atoms with van der Waals surface area (Å²) in [5, 5.41) is 10.6. The molecule has 5 nitrogen and oxygen atoms in total. The van der Waals surface area contributed by atoms with Crippen molar-refractivity contribution in [1.82, 2.24) is 9.78 Å². The molecule has 98 valence electrons. The summed E-state index contributed by atoms with van der Waals surface area (Å²) in [6.45, 7) is 3.76. The Kier molecular flexibility index (Phi) is 2.38. The summed E-state index contributed by atoms with van der Waals surface area (Å²) >= 11 is 0. The van der Waals surface area contributed by atoms with Gasteiger partial charge in [-0.05, 0) is 19.4 Å². The van der Waals surface area contributed by atoms with Gasteiger partial charge in [-0.15, -0.1) is 0 Å². The zero-order valence-electron chi connectivity index (χ0n) is 11.2. The number of benzene rings is 1. The van der Waals surface area contributed by atoms with Gasteiger partial charge in [-0.25, -0.2) is 0 Å². The van der Waals surface area contributed by atoms with E-state index in [2.05, 4.69) is 15.7 Å². The molecule has 2 N–H and O–H groups in total. The first kappa shape index (κ1) is 11.8. The predicted octanol–water partition coefficient (Wildman–Crippen LogP) is 2.01. The zero-order valence-corrected chi connectivity index (χ0v) is 11.2. The van der Waals surface area contributed by atoms with E-state index >= 15 is 0 Å². The number of nitrogens with zero attached hydrogens (tertiary/aromatic N) is 2. The van der Waals surface area contributed by atoms with Gasteiger partial charge in [-0.1, -0.05) is 30.3 Å². The summed E-state index contributed by atoms with van der Waals surface area (Å²) in [6, 6.07) is 9.69. The van der Waals surface area contributed by atoms with Crippen LogP contribution in [0.2, 0.25) is 0 Å². The second kappa shape index (κ2) is 3.85. The van der Waals surface area contributed by atoms with E-state index in [9.17, 15) is 4.79 Å². The number of carbonyl (C=O) groups excluding carboxylic acids is 1. The Balaban J connectivity index is 2.11. The molecule has 1 aromatic carbocycles. The molecule has 1 unspecified atom stereocenters. The Morgan fingerprint density at radius 2 is 1.95 bits per heavy atom. The van der Waals surface area contributed by atoms with Gasteiger partial charge in [0.25, 0.3) is 5.91 Å². The SMILES string of the molecule is Cc1nn(C)c2c1NC(=O)C(C)(c1ccccc1)N2. The number of hydrogen-bond donors (Lipinski definition) is 2. The van der Waals surface area contributed by atoms with Crippen LogP contribution in [0.5, 0.6) is 0 Å². The molecule has 0 fully saturated rings. The number of carbonyl (C=O) groups is 1. The Morgan fingerprint density at radius 1 is 1.26 bits per heavy atom. The van der Waals surface area contributed by atoms with Crippen LogP contribution < -0.4 is 10.6 Å². The first-order chi connectivity index (χ1) is 9.02. The van der Waals surface area contributed by atoms with Gasteiger partial charge in [0.15, 0.2) is 0 Å². The van der Waals surface area contributed by atoms with Crippen LogP contribution in [0.25, 0.3) is 0 Å². The van der Waals surface area contributed by atoms with Crippen molar-refractivity contribution < 1.29 is 4.79 Å². The molecule has 1 aromatic heterocycles. The van der Waals surface area contributed by atoms with E-state index in [1.807, 2.05) is 51.2 Å². The van der Waals surface area contributed by atoms with E-state index in [0.717, 1.165) is 22.8 Å². The van der Waals surface area contributed by atoms with Crippen LogP contribution in [0.3, 0.4) is 0 Å². The maximum atomic E-state index is 12.4. The number of anilines is 2. The molecular formula is C14H16N4O. The average Bonchev–Trinajstić information content (AvgIpc) is 2.67. The third-order valence-corrected chi connectivity index (χ3v) is 3.63. The maximum Gasteiger partial charge on any atom is 0.254 e. The normalized spacial score (nSPS) is 21.5. The largest absolute Gasteiger partial charge is 0.351 e. The average molecular weight is 256 g/mol. The molecule has 19 heavy (non-hydrogen) atoms. The van der Waals surface area contributed by atoms with E-state index < -0.39 is 5.54 Å². The monoisotopic (exact) mass is 256 g/mol. The van der Waals surface area contributed by atoms with Crippen LogP contribution in [0, 0.1) is 6.92 Å². The first-order valence-corrected chi connectivity index (χ1v) is 6.21. The zero-order chi connectivity index (χ0) is 13.6. The smallest absolute Gasteiger partial charge is 0.254 e. The molecule has 0 saturated heterocycles. The highest BCUT2D eigenvalue weighted by Crippen LogP contribution is 2.37. The van der Waals surface area contributed by atoms with Crippen LogP contribution in [-0.4, -0.2) is 15.7 Å². The highest BCUT2D eigenvalue weighted by Gasteiger charge is 2.41. The predicted molar refractivity (Wildman–Crippen MR) is 74.0 cm³/mol. The quantitative estimate of drug-likeness (QED) is 0.820. The van der Waals surface area contributed by atoms with Crippen LogP contribution in [0.15, 0.2) is 30.3 Å². The second-order valence-electron chi connectivity index (χ2n) is 5.00. The summed E-state index contributed by atoms with van der Waals surface area (Å²) in [7, 11) is 1.86. The van der Waals surface area contributed by atoms with E-state index in [-0.39, 0.29) is 5.91 Å². The number of rotatable bonds is 1. The van der Waals surface area contributed by atoms with Gasteiger partial charge < -0.3 is 10.6 Å². The molecular weight excluding hydrogens is 240 g/mol. The summed E-state index contributed by atoms with van der Waals surface area (Å²) < 4.78 is 1.76. The van der Waals surface area contributed by atoms with Gasteiger partial charge >= 0.3 is 0 Å². The van der Waals surface area contributed by atoms with Gasteiger partial charge in [-0.2, -0.15) is 5.10 Å². The number of fused-ring (bicyclic) bond motifs is 1. The number of aryl methyl sites for hydroxylation is 2. The molecule has 0 bridgehead atoms. The van der Waals surface area contributed by atoms with E-state index in [1.54, 1.807) is 4.68 Å². The fourth-order valence-corrected chi connectivity index (χ4v) is 2.46. The topological polar surface area (TPSA) is 59.0 Å². The van der Waals surface area contributed by atoms with Crippen molar-refractivity contribution in [2.24, 2.45) is 7.05 Å². The van der Waals surface area contributed by atoms with Crippen molar-refractivity contribution >= 4 is 17.4 Å². The number of nitrogens with one attached hydrogen (secondary N) is 2. The minimum Gasteiger partial charge on any atom is -0.351 e. The van der Waals surface area contributed by atoms with Crippen molar-refractivity contribution in [1.29, 1.82) is 0 Å². The van der Waals surface area contributed by atoms with Crippen molar-refractivity contribution in [3.63, 3.8) is 0 Å². The lowest BCUT2D eigenvalue weighted by molar-refractivity contribution is -0.120. The van der Waals surface area contributed by atoms with Gasteiger partial charge in [0.2, 0.25) is 0 Å². The second-order valence-corrected chi connectivity index (χ2v) is 5.00. The fraction of sp³-hybridized carbons (Fsp3) is 0.286. The molecule has 1 amide bonds.